The largest absolute Gasteiger partial charge is 0.336 e. The fourth-order valence-electron chi connectivity index (χ4n) is 3.11. The maximum absolute atomic E-state index is 13.9. The molecule has 128 valence electrons. The van der Waals surface area contributed by atoms with Gasteiger partial charge in [0.2, 0.25) is 5.91 Å². The van der Waals surface area contributed by atoms with Gasteiger partial charge in [0.1, 0.15) is 5.82 Å². The van der Waals surface area contributed by atoms with E-state index >= 15 is 0 Å². The van der Waals surface area contributed by atoms with E-state index < -0.39 is 5.82 Å². The van der Waals surface area contributed by atoms with E-state index in [1.54, 1.807) is 23.2 Å². The minimum atomic E-state index is -0.497. The molecule has 3 heterocycles. The van der Waals surface area contributed by atoms with Crippen molar-refractivity contribution in [1.29, 1.82) is 0 Å². The number of nitrogens with zero attached hydrogens (tertiary/aromatic N) is 3. The molecule has 0 unspecified atom stereocenters. The summed E-state index contributed by atoms with van der Waals surface area (Å²) in [6.45, 7) is 0.624. The molecule has 8 heteroatoms. The number of fused-ring (bicyclic) bond motifs is 2. The standard InChI is InChI=1S/C17H14ClFN4O2/c18-12-2-1-3-13(19)11(12)8-16(24)22-7-5-10-14(9-22)21-15-4-6-20-23(15)17(10)25/h1-4,6,20H,5,7-9H2. The topological polar surface area (TPSA) is 70.5 Å². The molecule has 0 saturated heterocycles. The molecule has 0 spiro atoms. The second kappa shape index (κ2) is 6.00. The second-order valence-corrected chi connectivity index (χ2v) is 6.35. The maximum atomic E-state index is 13.9. The number of hydrogen-bond donors (Lipinski definition) is 1. The molecule has 6 nitrogen and oxygen atoms in total. The molecule has 0 fully saturated rings. The van der Waals surface area contributed by atoms with Crippen molar-refractivity contribution in [3.05, 3.63) is 68.5 Å². The Morgan fingerprint density at radius 3 is 3.00 bits per heavy atom. The number of H-pyrrole nitrogens is 1. The Kier molecular flexibility index (Phi) is 3.80. The molecule has 0 radical (unpaired) electrons. The summed E-state index contributed by atoms with van der Waals surface area (Å²) in [5, 5.41) is 3.05. The van der Waals surface area contributed by atoms with Gasteiger partial charge in [-0.1, -0.05) is 17.7 Å². The number of halogens is 2. The summed E-state index contributed by atoms with van der Waals surface area (Å²) in [7, 11) is 0. The van der Waals surface area contributed by atoms with Crippen molar-refractivity contribution in [3.63, 3.8) is 0 Å². The summed E-state index contributed by atoms with van der Waals surface area (Å²) >= 11 is 6.00. The van der Waals surface area contributed by atoms with Gasteiger partial charge in [-0.25, -0.2) is 13.9 Å². The van der Waals surface area contributed by atoms with E-state index in [1.807, 2.05) is 0 Å². The van der Waals surface area contributed by atoms with E-state index in [0.717, 1.165) is 0 Å². The third-order valence-corrected chi connectivity index (χ3v) is 4.79. The molecular formula is C17H14ClFN4O2. The zero-order valence-electron chi connectivity index (χ0n) is 13.1. The first-order valence-electron chi connectivity index (χ1n) is 7.83. The average molecular weight is 361 g/mol. The Hall–Kier alpha value is -2.67. The number of nitrogens with one attached hydrogen (secondary N) is 1. The zero-order valence-corrected chi connectivity index (χ0v) is 13.9. The third-order valence-electron chi connectivity index (χ3n) is 4.44. The number of aromatic nitrogens is 3. The highest BCUT2D eigenvalue weighted by Gasteiger charge is 2.26. The zero-order chi connectivity index (χ0) is 17.6. The molecule has 0 saturated carbocycles. The Bertz CT molecular complexity index is 1020. The van der Waals surface area contributed by atoms with Crippen LogP contribution in [0.1, 0.15) is 16.8 Å². The van der Waals surface area contributed by atoms with E-state index in [9.17, 15) is 14.0 Å². The lowest BCUT2D eigenvalue weighted by Crippen LogP contribution is -2.40. The monoisotopic (exact) mass is 360 g/mol. The number of hydrogen-bond acceptors (Lipinski definition) is 3. The van der Waals surface area contributed by atoms with Gasteiger partial charge in [-0.05, 0) is 18.6 Å². The highest BCUT2D eigenvalue weighted by Crippen LogP contribution is 2.22. The maximum Gasteiger partial charge on any atom is 0.276 e. The highest BCUT2D eigenvalue weighted by molar-refractivity contribution is 6.31. The van der Waals surface area contributed by atoms with Crippen LogP contribution in [0.5, 0.6) is 0 Å². The summed E-state index contributed by atoms with van der Waals surface area (Å²) in [6, 6.07) is 6.04. The predicted octanol–water partition coefficient (Wildman–Crippen LogP) is 1.94. The van der Waals surface area contributed by atoms with Gasteiger partial charge in [-0.2, -0.15) is 0 Å². The van der Waals surface area contributed by atoms with Gasteiger partial charge < -0.3 is 4.90 Å². The molecule has 2 aromatic heterocycles. The van der Waals surface area contributed by atoms with E-state index in [0.29, 0.717) is 29.9 Å². The molecule has 3 aromatic rings. The number of rotatable bonds is 2. The van der Waals surface area contributed by atoms with Gasteiger partial charge in [0.15, 0.2) is 5.65 Å². The Morgan fingerprint density at radius 1 is 1.36 bits per heavy atom. The number of carbonyl (C=O) groups excluding carboxylic acids is 1. The van der Waals surface area contributed by atoms with Crippen LogP contribution in [0.3, 0.4) is 0 Å². The molecule has 1 aliphatic rings. The van der Waals surface area contributed by atoms with Gasteiger partial charge in [0.25, 0.3) is 5.56 Å². The first kappa shape index (κ1) is 15.8. The Balaban J connectivity index is 1.61. The normalized spacial score (nSPS) is 13.9. The van der Waals surface area contributed by atoms with Crippen LogP contribution < -0.4 is 5.56 Å². The molecule has 1 N–H and O–H groups in total. The summed E-state index contributed by atoms with van der Waals surface area (Å²) in [5.74, 6) is -0.739. The summed E-state index contributed by atoms with van der Waals surface area (Å²) in [6.07, 6.45) is 1.93. The fraction of sp³-hybridized carbons (Fsp3) is 0.235. The first-order chi connectivity index (χ1) is 12.0. The van der Waals surface area contributed by atoms with E-state index in [4.69, 9.17) is 11.6 Å². The lowest BCUT2D eigenvalue weighted by molar-refractivity contribution is -0.131. The van der Waals surface area contributed by atoms with Crippen LogP contribution in [0.2, 0.25) is 5.02 Å². The summed E-state index contributed by atoms with van der Waals surface area (Å²) in [5.41, 5.74) is 1.75. The van der Waals surface area contributed by atoms with Crippen molar-refractivity contribution in [1.82, 2.24) is 19.5 Å². The number of amides is 1. The molecule has 1 aliphatic heterocycles. The van der Waals surface area contributed by atoms with E-state index in [1.165, 1.54) is 16.6 Å². The number of carbonyl (C=O) groups is 1. The predicted molar refractivity (Wildman–Crippen MR) is 90.0 cm³/mol. The summed E-state index contributed by atoms with van der Waals surface area (Å²) in [4.78, 5) is 31.0. The molecule has 0 aliphatic carbocycles. The SMILES string of the molecule is O=C(Cc1c(F)cccc1Cl)N1CCc2c(nc3cc[nH]n3c2=O)C1. The molecule has 25 heavy (non-hydrogen) atoms. The number of aromatic amines is 1. The molecule has 0 atom stereocenters. The van der Waals surface area contributed by atoms with Crippen LogP contribution in [-0.2, 0) is 24.2 Å². The van der Waals surface area contributed by atoms with Crippen LogP contribution in [0.4, 0.5) is 4.39 Å². The lowest BCUT2D eigenvalue weighted by atomic mass is 10.0. The van der Waals surface area contributed by atoms with E-state index in [-0.39, 0.29) is 35.0 Å². The molecule has 1 aromatic carbocycles. The highest BCUT2D eigenvalue weighted by atomic mass is 35.5. The molecular weight excluding hydrogens is 347 g/mol. The number of benzene rings is 1. The Morgan fingerprint density at radius 2 is 2.20 bits per heavy atom. The van der Waals surface area contributed by atoms with Gasteiger partial charge in [-0.15, -0.1) is 0 Å². The van der Waals surface area contributed by atoms with Crippen molar-refractivity contribution in [3.8, 4) is 0 Å². The average Bonchev–Trinajstić information content (AvgIpc) is 3.06. The smallest absolute Gasteiger partial charge is 0.276 e. The minimum Gasteiger partial charge on any atom is -0.336 e. The van der Waals surface area contributed by atoms with Crippen LogP contribution >= 0.6 is 11.6 Å². The van der Waals surface area contributed by atoms with Crippen molar-refractivity contribution < 1.29 is 9.18 Å². The molecule has 0 bridgehead atoms. The van der Waals surface area contributed by atoms with Gasteiger partial charge in [0, 0.05) is 35.0 Å². The molecule has 1 amide bonds. The van der Waals surface area contributed by atoms with Crippen LogP contribution in [0, 0.1) is 5.82 Å². The van der Waals surface area contributed by atoms with E-state index in [2.05, 4.69) is 10.1 Å². The first-order valence-corrected chi connectivity index (χ1v) is 8.21. The summed E-state index contributed by atoms with van der Waals surface area (Å²) < 4.78 is 15.3. The van der Waals surface area contributed by atoms with Gasteiger partial charge >= 0.3 is 0 Å². The fourth-order valence-corrected chi connectivity index (χ4v) is 3.34. The van der Waals surface area contributed by atoms with Crippen molar-refractivity contribution in [2.75, 3.05) is 6.54 Å². The lowest BCUT2D eigenvalue weighted by Gasteiger charge is -2.28. The second-order valence-electron chi connectivity index (χ2n) is 5.94. The quantitative estimate of drug-likeness (QED) is 0.759. The van der Waals surface area contributed by atoms with Crippen molar-refractivity contribution >= 4 is 23.2 Å². The van der Waals surface area contributed by atoms with Crippen LogP contribution in [-0.4, -0.2) is 31.9 Å². The van der Waals surface area contributed by atoms with Crippen molar-refractivity contribution in [2.24, 2.45) is 0 Å². The van der Waals surface area contributed by atoms with Crippen LogP contribution in [0.15, 0.2) is 35.3 Å². The third kappa shape index (κ3) is 2.70. The Labute approximate surface area is 146 Å². The molecule has 4 rings (SSSR count). The minimum absolute atomic E-state index is 0.119. The van der Waals surface area contributed by atoms with Crippen LogP contribution in [0.25, 0.3) is 5.65 Å². The van der Waals surface area contributed by atoms with Gasteiger partial charge in [0.05, 0.1) is 18.7 Å². The van der Waals surface area contributed by atoms with Crippen molar-refractivity contribution in [2.45, 2.75) is 19.4 Å². The van der Waals surface area contributed by atoms with Gasteiger partial charge in [-0.3, -0.25) is 14.7 Å².